The van der Waals surface area contributed by atoms with Gasteiger partial charge in [-0.25, -0.2) is 9.31 Å². The summed E-state index contributed by atoms with van der Waals surface area (Å²) in [6.45, 7) is 1.97. The standard InChI is InChI=1S/C18H17N5O3S2/c1-4-10-5-13(18(25)26-3)27-16(10)21-15(24)12-7-20-23-9-14(28-17(12)23)11-6-19-22(2)8-11/h5-9H,4H2,1-3H3,(H,21,24). The highest BCUT2D eigenvalue weighted by Crippen LogP contribution is 2.32. The quantitative estimate of drug-likeness (QED) is 0.504. The van der Waals surface area contributed by atoms with Crippen LogP contribution in [0.15, 0.2) is 30.9 Å². The Balaban J connectivity index is 1.63. The van der Waals surface area contributed by atoms with Crippen molar-refractivity contribution < 1.29 is 14.3 Å². The van der Waals surface area contributed by atoms with E-state index >= 15 is 0 Å². The predicted octanol–water partition coefficient (Wildman–Crippen LogP) is 3.46. The number of carbonyl (C=O) groups excluding carboxylic acids is 2. The number of aromatic nitrogens is 4. The Labute approximate surface area is 168 Å². The fourth-order valence-electron chi connectivity index (χ4n) is 2.79. The molecule has 0 radical (unpaired) electrons. The fraction of sp³-hybridized carbons (Fsp3) is 0.222. The smallest absolute Gasteiger partial charge is 0.348 e. The summed E-state index contributed by atoms with van der Waals surface area (Å²) in [6.07, 6.45) is 7.81. The summed E-state index contributed by atoms with van der Waals surface area (Å²) < 4.78 is 8.19. The van der Waals surface area contributed by atoms with Crippen molar-refractivity contribution in [2.75, 3.05) is 12.4 Å². The molecule has 0 unspecified atom stereocenters. The number of thiazole rings is 1. The number of hydrogen-bond donors (Lipinski definition) is 1. The van der Waals surface area contributed by atoms with Crippen molar-refractivity contribution in [3.8, 4) is 10.4 Å². The second kappa shape index (κ2) is 7.21. The predicted molar refractivity (Wildman–Crippen MR) is 108 cm³/mol. The Morgan fingerprint density at radius 3 is 2.71 bits per heavy atom. The highest BCUT2D eigenvalue weighted by atomic mass is 32.1. The number of rotatable bonds is 5. The van der Waals surface area contributed by atoms with E-state index in [0.29, 0.717) is 21.9 Å². The molecule has 0 saturated heterocycles. The highest BCUT2D eigenvalue weighted by Gasteiger charge is 2.20. The first-order valence-electron chi connectivity index (χ1n) is 8.48. The number of thiophene rings is 1. The van der Waals surface area contributed by atoms with Gasteiger partial charge in [-0.1, -0.05) is 6.92 Å². The van der Waals surface area contributed by atoms with E-state index in [9.17, 15) is 9.59 Å². The van der Waals surface area contributed by atoms with E-state index in [-0.39, 0.29) is 5.91 Å². The zero-order chi connectivity index (χ0) is 19.8. The van der Waals surface area contributed by atoms with Crippen LogP contribution >= 0.6 is 22.7 Å². The van der Waals surface area contributed by atoms with Crippen LogP contribution in [0, 0.1) is 0 Å². The third kappa shape index (κ3) is 3.20. The van der Waals surface area contributed by atoms with Gasteiger partial charge < -0.3 is 10.1 Å². The Kier molecular flexibility index (Phi) is 4.73. The first-order chi connectivity index (χ1) is 13.5. The third-order valence-electron chi connectivity index (χ3n) is 4.23. The lowest BCUT2D eigenvalue weighted by atomic mass is 10.2. The lowest BCUT2D eigenvalue weighted by molar-refractivity contribution is 0.0606. The Morgan fingerprint density at radius 2 is 2.04 bits per heavy atom. The molecule has 0 aromatic carbocycles. The van der Waals surface area contributed by atoms with Crippen LogP contribution in [0.4, 0.5) is 5.00 Å². The maximum atomic E-state index is 12.9. The number of methoxy groups -OCH3 is 1. The molecule has 0 fully saturated rings. The summed E-state index contributed by atoms with van der Waals surface area (Å²) >= 11 is 2.69. The third-order valence-corrected chi connectivity index (χ3v) is 6.47. The van der Waals surface area contributed by atoms with Gasteiger partial charge in [0, 0.05) is 25.0 Å². The molecule has 0 aliphatic rings. The number of carbonyl (C=O) groups is 2. The van der Waals surface area contributed by atoms with E-state index < -0.39 is 5.97 Å². The summed E-state index contributed by atoms with van der Waals surface area (Å²) in [6, 6.07) is 1.76. The number of fused-ring (bicyclic) bond motifs is 1. The summed E-state index contributed by atoms with van der Waals surface area (Å²) in [4.78, 5) is 26.8. The van der Waals surface area contributed by atoms with Crippen LogP contribution in [0.2, 0.25) is 0 Å². The number of anilines is 1. The molecule has 1 amide bonds. The zero-order valence-corrected chi connectivity index (χ0v) is 17.1. The second-order valence-electron chi connectivity index (χ2n) is 6.07. The maximum Gasteiger partial charge on any atom is 0.348 e. The number of nitrogens with one attached hydrogen (secondary N) is 1. The molecule has 1 N–H and O–H groups in total. The summed E-state index contributed by atoms with van der Waals surface area (Å²) in [5.41, 5.74) is 2.35. The molecule has 4 aromatic heterocycles. The van der Waals surface area contributed by atoms with Crippen molar-refractivity contribution >= 4 is 44.4 Å². The van der Waals surface area contributed by atoms with Crippen LogP contribution in [0.5, 0.6) is 0 Å². The minimum atomic E-state index is -0.410. The molecule has 0 atom stereocenters. The van der Waals surface area contributed by atoms with E-state index in [2.05, 4.69) is 15.5 Å². The molecule has 144 valence electrons. The molecule has 10 heteroatoms. The van der Waals surface area contributed by atoms with Gasteiger partial charge in [-0.3, -0.25) is 9.48 Å². The number of ether oxygens (including phenoxy) is 1. The largest absolute Gasteiger partial charge is 0.465 e. The average Bonchev–Trinajstić information content (AvgIpc) is 3.43. The van der Waals surface area contributed by atoms with Crippen molar-refractivity contribution in [2.45, 2.75) is 13.3 Å². The normalized spacial score (nSPS) is 11.1. The average molecular weight is 416 g/mol. The van der Waals surface area contributed by atoms with E-state index in [1.807, 2.05) is 26.4 Å². The monoisotopic (exact) mass is 415 g/mol. The van der Waals surface area contributed by atoms with Gasteiger partial charge in [0.05, 0.1) is 34.9 Å². The fourth-order valence-corrected chi connectivity index (χ4v) is 4.89. The Bertz CT molecular complexity index is 1180. The van der Waals surface area contributed by atoms with Gasteiger partial charge in [-0.15, -0.1) is 22.7 Å². The van der Waals surface area contributed by atoms with Crippen LogP contribution in [0.25, 0.3) is 15.3 Å². The van der Waals surface area contributed by atoms with Gasteiger partial charge >= 0.3 is 5.97 Å². The molecule has 8 nitrogen and oxygen atoms in total. The molecule has 4 heterocycles. The molecule has 0 spiro atoms. The van der Waals surface area contributed by atoms with Crippen LogP contribution in [-0.2, 0) is 18.2 Å². The SMILES string of the molecule is CCc1cc(C(=O)OC)sc1NC(=O)c1cnn2cc(-c3cnn(C)c3)sc12. The number of hydrogen-bond acceptors (Lipinski definition) is 7. The van der Waals surface area contributed by atoms with E-state index in [0.717, 1.165) is 20.8 Å². The van der Waals surface area contributed by atoms with Crippen LogP contribution < -0.4 is 5.32 Å². The molecule has 0 aliphatic carbocycles. The van der Waals surface area contributed by atoms with Crippen molar-refractivity contribution in [3.05, 3.63) is 46.9 Å². The molecule has 4 rings (SSSR count). The molecular weight excluding hydrogens is 398 g/mol. The molecule has 4 aromatic rings. The minimum Gasteiger partial charge on any atom is -0.465 e. The zero-order valence-electron chi connectivity index (χ0n) is 15.4. The van der Waals surface area contributed by atoms with Crippen molar-refractivity contribution in [1.29, 1.82) is 0 Å². The van der Waals surface area contributed by atoms with Crippen LogP contribution in [0.1, 0.15) is 32.5 Å². The topological polar surface area (TPSA) is 90.5 Å². The Morgan fingerprint density at radius 1 is 1.21 bits per heavy atom. The minimum absolute atomic E-state index is 0.262. The summed E-state index contributed by atoms with van der Waals surface area (Å²) in [5, 5.41) is 12.0. The number of nitrogens with zero attached hydrogens (tertiary/aromatic N) is 4. The summed E-state index contributed by atoms with van der Waals surface area (Å²) in [5.74, 6) is -0.671. The first kappa shape index (κ1) is 18.4. The van der Waals surface area contributed by atoms with Crippen LogP contribution in [-0.4, -0.2) is 38.4 Å². The highest BCUT2D eigenvalue weighted by molar-refractivity contribution is 7.21. The van der Waals surface area contributed by atoms with E-state index in [1.165, 1.54) is 29.8 Å². The van der Waals surface area contributed by atoms with Crippen molar-refractivity contribution in [3.63, 3.8) is 0 Å². The molecule has 0 bridgehead atoms. The summed E-state index contributed by atoms with van der Waals surface area (Å²) in [7, 11) is 3.20. The molecule has 0 aliphatic heterocycles. The molecule has 0 saturated carbocycles. The number of amides is 1. The van der Waals surface area contributed by atoms with Crippen molar-refractivity contribution in [1.82, 2.24) is 19.4 Å². The second-order valence-corrected chi connectivity index (χ2v) is 8.15. The van der Waals surface area contributed by atoms with E-state index in [4.69, 9.17) is 4.74 Å². The Hall–Kier alpha value is -2.98. The lowest BCUT2D eigenvalue weighted by Gasteiger charge is -2.03. The molecule has 28 heavy (non-hydrogen) atoms. The maximum absolute atomic E-state index is 12.9. The van der Waals surface area contributed by atoms with Crippen molar-refractivity contribution in [2.24, 2.45) is 7.05 Å². The van der Waals surface area contributed by atoms with Gasteiger partial charge in [0.1, 0.15) is 9.71 Å². The number of aryl methyl sites for hydroxylation is 2. The van der Waals surface area contributed by atoms with Gasteiger partial charge in [0.15, 0.2) is 0 Å². The van der Waals surface area contributed by atoms with Gasteiger partial charge in [0.2, 0.25) is 0 Å². The first-order valence-corrected chi connectivity index (χ1v) is 10.1. The number of esters is 1. The van der Waals surface area contributed by atoms with Gasteiger partial charge in [-0.05, 0) is 18.1 Å². The lowest BCUT2D eigenvalue weighted by Crippen LogP contribution is -2.11. The van der Waals surface area contributed by atoms with Gasteiger partial charge in [-0.2, -0.15) is 10.2 Å². The van der Waals surface area contributed by atoms with Crippen LogP contribution in [0.3, 0.4) is 0 Å². The van der Waals surface area contributed by atoms with E-state index in [1.54, 1.807) is 27.7 Å². The molecular formula is C18H17N5O3S2. The van der Waals surface area contributed by atoms with Gasteiger partial charge in [0.25, 0.3) is 5.91 Å².